The Bertz CT molecular complexity index is 750. The number of aliphatic imine (C=N–C) groups is 1. The number of carbonyl (C=O) groups excluding carboxylic acids is 1. The Morgan fingerprint density at radius 1 is 1.37 bits per heavy atom. The minimum absolute atomic E-state index is 0.0679. The lowest BCUT2D eigenvalue weighted by molar-refractivity contribution is -0.154. The number of halogens is 3. The van der Waals surface area contributed by atoms with E-state index in [2.05, 4.69) is 25.3 Å². The second-order valence-electron chi connectivity index (χ2n) is 7.88. The van der Waals surface area contributed by atoms with Crippen LogP contribution in [0.25, 0.3) is 0 Å². The minimum atomic E-state index is -4.42. The Hall–Kier alpha value is -2.72. The zero-order valence-corrected chi connectivity index (χ0v) is 17.5. The molecule has 1 amide bonds. The van der Waals surface area contributed by atoms with Crippen LogP contribution in [0.4, 0.5) is 18.0 Å². The molecule has 0 aliphatic carbocycles. The molecular weight excluding hydrogens is 403 g/mol. The normalized spacial score (nSPS) is 17.6. The molecule has 2 rings (SSSR count). The summed E-state index contributed by atoms with van der Waals surface area (Å²) in [5, 5.41) is 6.02. The number of aromatic nitrogens is 1. The van der Waals surface area contributed by atoms with E-state index in [4.69, 9.17) is 4.74 Å². The number of alkyl halides is 3. The lowest BCUT2D eigenvalue weighted by atomic mass is 10.2. The van der Waals surface area contributed by atoms with Crippen molar-refractivity contribution in [2.75, 3.05) is 26.7 Å². The Labute approximate surface area is 173 Å². The number of hydrogen-bond donors (Lipinski definition) is 2. The average molecular weight is 431 g/mol. The van der Waals surface area contributed by atoms with Gasteiger partial charge in [0.05, 0.1) is 6.04 Å². The third kappa shape index (κ3) is 8.34. The summed E-state index contributed by atoms with van der Waals surface area (Å²) in [5.74, 6) is 0.530. The SMILES string of the molecule is CN=C(NCc1ccnc(OCC(F)(F)F)c1)N1CCC(NC(=O)OC(C)(C)C)C1. The highest BCUT2D eigenvalue weighted by atomic mass is 19.4. The van der Waals surface area contributed by atoms with Crippen LogP contribution in [0.1, 0.15) is 32.8 Å². The number of nitrogens with one attached hydrogen (secondary N) is 2. The van der Waals surface area contributed by atoms with Gasteiger partial charge >= 0.3 is 12.3 Å². The van der Waals surface area contributed by atoms with Gasteiger partial charge in [-0.15, -0.1) is 0 Å². The van der Waals surface area contributed by atoms with Crippen LogP contribution >= 0.6 is 0 Å². The standard InChI is InChI=1S/C19H28F3N5O3/c1-18(2,3)30-17(28)26-14-6-8-27(11-14)16(23-4)25-10-13-5-7-24-15(9-13)29-12-19(20,21)22/h5,7,9,14H,6,8,10-12H2,1-4H3,(H,23,25)(H,26,28). The van der Waals surface area contributed by atoms with E-state index < -0.39 is 24.5 Å². The third-order valence-electron chi connectivity index (χ3n) is 4.05. The second-order valence-corrected chi connectivity index (χ2v) is 7.88. The predicted octanol–water partition coefficient (Wildman–Crippen LogP) is 2.70. The second kappa shape index (κ2) is 9.86. The first kappa shape index (κ1) is 23.6. The summed E-state index contributed by atoms with van der Waals surface area (Å²) in [6.07, 6.45) is -2.75. The molecule has 0 bridgehead atoms. The predicted molar refractivity (Wildman–Crippen MR) is 105 cm³/mol. The number of rotatable bonds is 5. The first-order chi connectivity index (χ1) is 13.9. The molecule has 168 valence electrons. The summed E-state index contributed by atoms with van der Waals surface area (Å²) in [5.41, 5.74) is 0.138. The van der Waals surface area contributed by atoms with Crippen LogP contribution in [0.5, 0.6) is 5.88 Å². The van der Waals surface area contributed by atoms with E-state index in [1.165, 1.54) is 12.3 Å². The Kier molecular flexibility index (Phi) is 7.74. The highest BCUT2D eigenvalue weighted by Crippen LogP contribution is 2.18. The van der Waals surface area contributed by atoms with Crippen molar-refractivity contribution in [2.24, 2.45) is 4.99 Å². The van der Waals surface area contributed by atoms with Gasteiger partial charge in [-0.05, 0) is 38.8 Å². The lowest BCUT2D eigenvalue weighted by Crippen LogP contribution is -2.44. The molecule has 2 heterocycles. The first-order valence-electron chi connectivity index (χ1n) is 9.55. The topological polar surface area (TPSA) is 88.1 Å². The summed E-state index contributed by atoms with van der Waals surface area (Å²) in [7, 11) is 1.64. The minimum Gasteiger partial charge on any atom is -0.468 e. The molecule has 1 atom stereocenters. The monoisotopic (exact) mass is 431 g/mol. The van der Waals surface area contributed by atoms with E-state index in [0.717, 1.165) is 6.42 Å². The Morgan fingerprint density at radius 2 is 2.10 bits per heavy atom. The molecule has 2 N–H and O–H groups in total. The number of guanidine groups is 1. The summed E-state index contributed by atoms with van der Waals surface area (Å²) in [6, 6.07) is 3.06. The van der Waals surface area contributed by atoms with E-state index >= 15 is 0 Å². The number of pyridine rings is 1. The van der Waals surface area contributed by atoms with Gasteiger partial charge in [0.2, 0.25) is 5.88 Å². The summed E-state index contributed by atoms with van der Waals surface area (Å²) >= 11 is 0. The number of amides is 1. The Balaban J connectivity index is 1.85. The largest absolute Gasteiger partial charge is 0.468 e. The van der Waals surface area contributed by atoms with Gasteiger partial charge in [-0.3, -0.25) is 4.99 Å². The fraction of sp³-hybridized carbons (Fsp3) is 0.632. The third-order valence-corrected chi connectivity index (χ3v) is 4.05. The van der Waals surface area contributed by atoms with E-state index in [-0.39, 0.29) is 11.9 Å². The molecule has 1 saturated heterocycles. The maximum atomic E-state index is 12.3. The fourth-order valence-electron chi connectivity index (χ4n) is 2.85. The molecule has 1 aliphatic rings. The number of carbonyl (C=O) groups is 1. The summed E-state index contributed by atoms with van der Waals surface area (Å²) < 4.78 is 46.8. The highest BCUT2D eigenvalue weighted by Gasteiger charge is 2.29. The molecule has 0 radical (unpaired) electrons. The van der Waals surface area contributed by atoms with Crippen molar-refractivity contribution in [1.82, 2.24) is 20.5 Å². The maximum absolute atomic E-state index is 12.3. The van der Waals surface area contributed by atoms with Crippen LogP contribution in [0.3, 0.4) is 0 Å². The van der Waals surface area contributed by atoms with Crippen molar-refractivity contribution in [1.29, 1.82) is 0 Å². The van der Waals surface area contributed by atoms with Crippen LogP contribution in [0, 0.1) is 0 Å². The van der Waals surface area contributed by atoms with Gasteiger partial charge in [0, 0.05) is 38.9 Å². The molecule has 0 saturated carbocycles. The van der Waals surface area contributed by atoms with Crippen molar-refractivity contribution >= 4 is 12.1 Å². The smallest absolute Gasteiger partial charge is 0.422 e. The van der Waals surface area contributed by atoms with Gasteiger partial charge in [-0.25, -0.2) is 9.78 Å². The summed E-state index contributed by atoms with van der Waals surface area (Å²) in [6.45, 7) is 5.61. The lowest BCUT2D eigenvalue weighted by Gasteiger charge is -2.23. The van der Waals surface area contributed by atoms with E-state index in [0.29, 0.717) is 31.2 Å². The van der Waals surface area contributed by atoms with Gasteiger partial charge in [-0.1, -0.05) is 0 Å². The molecule has 1 aliphatic heterocycles. The number of hydrogen-bond acceptors (Lipinski definition) is 5. The molecule has 0 spiro atoms. The number of likely N-dealkylation sites (tertiary alicyclic amines) is 1. The average Bonchev–Trinajstić information content (AvgIpc) is 3.07. The highest BCUT2D eigenvalue weighted by molar-refractivity contribution is 5.80. The van der Waals surface area contributed by atoms with Gasteiger partial charge < -0.3 is 25.0 Å². The number of ether oxygens (including phenoxy) is 2. The zero-order valence-electron chi connectivity index (χ0n) is 17.5. The van der Waals surface area contributed by atoms with Crippen LogP contribution in [-0.4, -0.2) is 66.5 Å². The van der Waals surface area contributed by atoms with Crippen molar-refractivity contribution in [3.05, 3.63) is 23.9 Å². The molecule has 1 unspecified atom stereocenters. The molecule has 11 heteroatoms. The molecule has 1 aromatic rings. The van der Waals surface area contributed by atoms with Gasteiger partial charge in [0.25, 0.3) is 0 Å². The molecular formula is C19H28F3N5O3. The van der Waals surface area contributed by atoms with Gasteiger partial charge in [-0.2, -0.15) is 13.2 Å². The molecule has 0 aromatic carbocycles. The van der Waals surface area contributed by atoms with Crippen LogP contribution in [0.2, 0.25) is 0 Å². The van der Waals surface area contributed by atoms with E-state index in [1.54, 1.807) is 33.9 Å². The quantitative estimate of drug-likeness (QED) is 0.551. The molecule has 30 heavy (non-hydrogen) atoms. The van der Waals surface area contributed by atoms with Crippen LogP contribution < -0.4 is 15.4 Å². The molecule has 1 aromatic heterocycles. The maximum Gasteiger partial charge on any atom is 0.422 e. The fourth-order valence-corrected chi connectivity index (χ4v) is 2.85. The summed E-state index contributed by atoms with van der Waals surface area (Å²) in [4.78, 5) is 22.0. The zero-order chi connectivity index (χ0) is 22.4. The van der Waals surface area contributed by atoms with E-state index in [1.807, 2.05) is 4.90 Å². The van der Waals surface area contributed by atoms with Crippen LogP contribution in [-0.2, 0) is 11.3 Å². The van der Waals surface area contributed by atoms with Crippen molar-refractivity contribution in [2.45, 2.75) is 51.6 Å². The first-order valence-corrected chi connectivity index (χ1v) is 9.55. The van der Waals surface area contributed by atoms with Gasteiger partial charge in [0.1, 0.15) is 5.60 Å². The van der Waals surface area contributed by atoms with Crippen LogP contribution in [0.15, 0.2) is 23.3 Å². The van der Waals surface area contributed by atoms with Crippen molar-refractivity contribution in [3.63, 3.8) is 0 Å². The van der Waals surface area contributed by atoms with Crippen molar-refractivity contribution < 1.29 is 27.4 Å². The number of alkyl carbamates (subject to hydrolysis) is 1. The van der Waals surface area contributed by atoms with Crippen molar-refractivity contribution in [3.8, 4) is 5.88 Å². The molecule has 8 nitrogen and oxygen atoms in total. The molecule has 1 fully saturated rings. The van der Waals surface area contributed by atoms with Gasteiger partial charge in [0.15, 0.2) is 12.6 Å². The Morgan fingerprint density at radius 3 is 2.73 bits per heavy atom. The van der Waals surface area contributed by atoms with E-state index in [9.17, 15) is 18.0 Å². The number of nitrogens with zero attached hydrogens (tertiary/aromatic N) is 3.